The van der Waals surface area contributed by atoms with E-state index in [1.165, 1.54) is 32.1 Å². The van der Waals surface area contributed by atoms with Crippen LogP contribution in [0.15, 0.2) is 0 Å². The highest BCUT2D eigenvalue weighted by Crippen LogP contribution is 2.28. The van der Waals surface area contributed by atoms with Gasteiger partial charge in [-0.3, -0.25) is 4.79 Å². The fourth-order valence-corrected chi connectivity index (χ4v) is 2.25. The molecule has 0 aromatic carbocycles. The van der Waals surface area contributed by atoms with Crippen molar-refractivity contribution in [3.05, 3.63) is 0 Å². The molecule has 0 spiro atoms. The molecule has 0 heterocycles. The van der Waals surface area contributed by atoms with E-state index in [-0.39, 0.29) is 12.5 Å². The highest BCUT2D eigenvalue weighted by Gasteiger charge is 2.20. The van der Waals surface area contributed by atoms with Gasteiger partial charge in [-0.05, 0) is 12.3 Å². The molecule has 0 aromatic rings. The van der Waals surface area contributed by atoms with Crippen LogP contribution in [0.3, 0.4) is 0 Å². The van der Waals surface area contributed by atoms with Crippen LogP contribution in [0.2, 0.25) is 0 Å². The Morgan fingerprint density at radius 1 is 1.43 bits per heavy atom. The van der Waals surface area contributed by atoms with Gasteiger partial charge in [0.25, 0.3) is 0 Å². The van der Waals surface area contributed by atoms with Gasteiger partial charge in [-0.1, -0.05) is 32.1 Å². The number of hydrogen-bond acceptors (Lipinski definition) is 2. The maximum absolute atomic E-state index is 10.5. The summed E-state index contributed by atoms with van der Waals surface area (Å²) in [6.45, 7) is 0. The molecule has 0 aromatic heterocycles. The summed E-state index contributed by atoms with van der Waals surface area (Å²) in [5, 5.41) is 8.66. The van der Waals surface area contributed by atoms with Crippen molar-refractivity contribution >= 4 is 5.97 Å². The number of ether oxygens (including phenoxy) is 1. The summed E-state index contributed by atoms with van der Waals surface area (Å²) < 4.78 is 5.18. The Labute approximate surface area is 85.5 Å². The van der Waals surface area contributed by atoms with E-state index in [1.807, 2.05) is 0 Å². The van der Waals surface area contributed by atoms with Crippen LogP contribution in [0.5, 0.6) is 0 Å². The molecule has 82 valence electrons. The molecule has 0 radical (unpaired) electrons. The first kappa shape index (κ1) is 11.5. The van der Waals surface area contributed by atoms with Crippen LogP contribution in [-0.4, -0.2) is 24.3 Å². The number of aliphatic carboxylic acids is 1. The summed E-state index contributed by atoms with van der Waals surface area (Å²) in [6.07, 6.45) is 7.42. The second-order valence-corrected chi connectivity index (χ2v) is 4.20. The molecule has 1 saturated carbocycles. The van der Waals surface area contributed by atoms with E-state index < -0.39 is 5.97 Å². The molecule has 3 heteroatoms. The Kier molecular flexibility index (Phi) is 4.94. The lowest BCUT2D eigenvalue weighted by molar-refractivity contribution is -0.140. The molecular weight excluding hydrogens is 180 g/mol. The molecule has 1 fully saturated rings. The van der Waals surface area contributed by atoms with Gasteiger partial charge in [0, 0.05) is 7.11 Å². The lowest BCUT2D eigenvalue weighted by atomic mass is 9.85. The van der Waals surface area contributed by atoms with E-state index in [2.05, 4.69) is 0 Å². The van der Waals surface area contributed by atoms with Crippen LogP contribution in [0.1, 0.15) is 44.9 Å². The van der Waals surface area contributed by atoms with E-state index in [0.717, 1.165) is 6.42 Å². The van der Waals surface area contributed by atoms with Gasteiger partial charge in [0.15, 0.2) is 0 Å². The van der Waals surface area contributed by atoms with Crippen molar-refractivity contribution in [2.24, 2.45) is 5.92 Å². The van der Waals surface area contributed by atoms with E-state index in [9.17, 15) is 4.79 Å². The van der Waals surface area contributed by atoms with Crippen LogP contribution in [0.4, 0.5) is 0 Å². The summed E-state index contributed by atoms with van der Waals surface area (Å²) in [6, 6.07) is 0. The fourth-order valence-electron chi connectivity index (χ4n) is 2.25. The molecule has 1 N–H and O–H groups in total. The third-order valence-electron chi connectivity index (χ3n) is 3.06. The predicted octanol–water partition coefficient (Wildman–Crippen LogP) is 2.45. The van der Waals surface area contributed by atoms with Crippen LogP contribution in [0.25, 0.3) is 0 Å². The highest BCUT2D eigenvalue weighted by atomic mass is 16.5. The van der Waals surface area contributed by atoms with Gasteiger partial charge in [-0.15, -0.1) is 0 Å². The molecule has 1 aliphatic rings. The standard InChI is InChI=1S/C11H20O3/c1-14-10(8-11(12)13)7-9-5-3-2-4-6-9/h9-10H,2-8H2,1H3,(H,12,13). The zero-order valence-electron chi connectivity index (χ0n) is 8.87. The Hall–Kier alpha value is -0.570. The number of methoxy groups -OCH3 is 1. The molecule has 1 aliphatic carbocycles. The SMILES string of the molecule is COC(CC(=O)O)CC1CCCCC1. The second-order valence-electron chi connectivity index (χ2n) is 4.20. The average Bonchev–Trinajstić information content (AvgIpc) is 2.17. The first-order chi connectivity index (χ1) is 6.72. The quantitative estimate of drug-likeness (QED) is 0.741. The summed E-state index contributed by atoms with van der Waals surface area (Å²) in [5.41, 5.74) is 0. The molecule has 1 unspecified atom stereocenters. The molecular formula is C11H20O3. The summed E-state index contributed by atoms with van der Waals surface area (Å²) in [4.78, 5) is 10.5. The van der Waals surface area contributed by atoms with Crippen molar-refractivity contribution in [1.29, 1.82) is 0 Å². The minimum Gasteiger partial charge on any atom is -0.481 e. The second kappa shape index (κ2) is 6.02. The number of carboxylic acids is 1. The van der Waals surface area contributed by atoms with Crippen molar-refractivity contribution in [2.45, 2.75) is 51.0 Å². The Bertz CT molecular complexity index is 173. The molecule has 0 bridgehead atoms. The Morgan fingerprint density at radius 3 is 2.57 bits per heavy atom. The topological polar surface area (TPSA) is 46.5 Å². The predicted molar refractivity (Wildman–Crippen MR) is 54.2 cm³/mol. The van der Waals surface area contributed by atoms with Gasteiger partial charge in [-0.25, -0.2) is 0 Å². The first-order valence-electron chi connectivity index (χ1n) is 5.47. The largest absolute Gasteiger partial charge is 0.481 e. The number of hydrogen-bond donors (Lipinski definition) is 1. The minimum absolute atomic E-state index is 0.0874. The van der Waals surface area contributed by atoms with Gasteiger partial charge < -0.3 is 9.84 Å². The average molecular weight is 200 g/mol. The maximum atomic E-state index is 10.5. The van der Waals surface area contributed by atoms with Crippen molar-refractivity contribution in [2.75, 3.05) is 7.11 Å². The molecule has 0 saturated heterocycles. The van der Waals surface area contributed by atoms with Gasteiger partial charge >= 0.3 is 5.97 Å². The highest BCUT2D eigenvalue weighted by molar-refractivity contribution is 5.67. The number of rotatable bonds is 5. The van der Waals surface area contributed by atoms with Gasteiger partial charge in [-0.2, -0.15) is 0 Å². The minimum atomic E-state index is -0.757. The molecule has 14 heavy (non-hydrogen) atoms. The monoisotopic (exact) mass is 200 g/mol. The number of carboxylic acid groups (broad SMARTS) is 1. The summed E-state index contributed by atoms with van der Waals surface area (Å²) in [5.74, 6) is -0.0688. The molecule has 1 atom stereocenters. The summed E-state index contributed by atoms with van der Waals surface area (Å²) >= 11 is 0. The lowest BCUT2D eigenvalue weighted by Crippen LogP contribution is -2.21. The lowest BCUT2D eigenvalue weighted by Gasteiger charge is -2.24. The molecule has 1 rings (SSSR count). The normalized spacial score (nSPS) is 20.6. The van der Waals surface area contributed by atoms with Crippen molar-refractivity contribution < 1.29 is 14.6 Å². The van der Waals surface area contributed by atoms with Crippen molar-refractivity contribution in [1.82, 2.24) is 0 Å². The smallest absolute Gasteiger partial charge is 0.305 e. The van der Waals surface area contributed by atoms with E-state index in [4.69, 9.17) is 9.84 Å². The molecule has 0 aliphatic heterocycles. The molecule has 0 amide bonds. The van der Waals surface area contributed by atoms with E-state index in [0.29, 0.717) is 5.92 Å². The fraction of sp³-hybridized carbons (Fsp3) is 0.909. The van der Waals surface area contributed by atoms with Crippen LogP contribution < -0.4 is 0 Å². The third kappa shape index (κ3) is 4.09. The molecule has 3 nitrogen and oxygen atoms in total. The van der Waals surface area contributed by atoms with Crippen LogP contribution in [-0.2, 0) is 9.53 Å². The summed E-state index contributed by atoms with van der Waals surface area (Å²) in [7, 11) is 1.61. The first-order valence-corrected chi connectivity index (χ1v) is 5.47. The van der Waals surface area contributed by atoms with Crippen molar-refractivity contribution in [3.63, 3.8) is 0 Å². The zero-order chi connectivity index (χ0) is 10.4. The van der Waals surface area contributed by atoms with E-state index in [1.54, 1.807) is 7.11 Å². The van der Waals surface area contributed by atoms with Crippen LogP contribution >= 0.6 is 0 Å². The van der Waals surface area contributed by atoms with E-state index >= 15 is 0 Å². The van der Waals surface area contributed by atoms with Crippen molar-refractivity contribution in [3.8, 4) is 0 Å². The van der Waals surface area contributed by atoms with Gasteiger partial charge in [0.2, 0.25) is 0 Å². The van der Waals surface area contributed by atoms with Crippen LogP contribution in [0, 0.1) is 5.92 Å². The maximum Gasteiger partial charge on any atom is 0.305 e. The Balaban J connectivity index is 2.27. The zero-order valence-corrected chi connectivity index (χ0v) is 8.87. The Morgan fingerprint density at radius 2 is 2.07 bits per heavy atom. The third-order valence-corrected chi connectivity index (χ3v) is 3.06. The number of carbonyl (C=O) groups is 1. The van der Waals surface area contributed by atoms with Gasteiger partial charge in [0.1, 0.15) is 0 Å². The van der Waals surface area contributed by atoms with Gasteiger partial charge in [0.05, 0.1) is 12.5 Å².